The van der Waals surface area contributed by atoms with Crippen LogP contribution in [0.5, 0.6) is 6.01 Å². The van der Waals surface area contributed by atoms with Gasteiger partial charge in [0.1, 0.15) is 5.69 Å². The molecule has 10 nitrogen and oxygen atoms in total. The lowest BCUT2D eigenvalue weighted by molar-refractivity contribution is -0.192. The number of aromatic nitrogens is 2. The summed E-state index contributed by atoms with van der Waals surface area (Å²) in [5.74, 6) is -2.01. The van der Waals surface area contributed by atoms with Gasteiger partial charge in [-0.3, -0.25) is 9.91 Å². The maximum atomic E-state index is 10.6. The van der Waals surface area contributed by atoms with Crippen LogP contribution in [0.2, 0.25) is 0 Å². The second kappa shape index (κ2) is 13.7. The van der Waals surface area contributed by atoms with Gasteiger partial charge in [-0.15, -0.1) is 0 Å². The van der Waals surface area contributed by atoms with Crippen molar-refractivity contribution in [3.8, 4) is 6.01 Å². The highest BCUT2D eigenvalue weighted by Crippen LogP contribution is 2.28. The molecule has 0 radical (unpaired) electrons. The molecule has 0 aliphatic carbocycles. The number of carboxylic acids is 1. The van der Waals surface area contributed by atoms with Crippen molar-refractivity contribution in [2.45, 2.75) is 51.9 Å². The Labute approximate surface area is 208 Å². The summed E-state index contributed by atoms with van der Waals surface area (Å²) >= 11 is 0. The van der Waals surface area contributed by atoms with Crippen LogP contribution >= 0.6 is 0 Å². The fraction of sp³-hybridized carbons (Fsp3) is 0.522. The second-order valence-corrected chi connectivity index (χ2v) is 8.25. The van der Waals surface area contributed by atoms with Crippen molar-refractivity contribution < 1.29 is 27.8 Å². The van der Waals surface area contributed by atoms with Crippen molar-refractivity contribution in [2.24, 2.45) is 0 Å². The van der Waals surface area contributed by atoms with Crippen molar-refractivity contribution in [3.05, 3.63) is 35.4 Å². The normalized spacial score (nSPS) is 13.7. The zero-order chi connectivity index (χ0) is 26.7. The molecule has 13 heteroatoms. The van der Waals surface area contributed by atoms with Crippen molar-refractivity contribution in [1.29, 1.82) is 0 Å². The minimum absolute atomic E-state index is 0.226. The predicted octanol–water partition coefficient (Wildman–Crippen LogP) is 3.19. The van der Waals surface area contributed by atoms with E-state index in [-0.39, 0.29) is 11.8 Å². The van der Waals surface area contributed by atoms with Gasteiger partial charge in [0, 0.05) is 13.6 Å². The van der Waals surface area contributed by atoms with Gasteiger partial charge in [0.05, 0.1) is 13.2 Å². The molecule has 0 atom stereocenters. The maximum Gasteiger partial charge on any atom is 0.490 e. The smallest absolute Gasteiger partial charge is 0.475 e. The Hall–Kier alpha value is -3.32. The first-order valence-corrected chi connectivity index (χ1v) is 11.7. The number of nitrogens with one attached hydrogen (secondary N) is 1. The standard InChI is InChI=1S/C21H33N7O.C2HF3O2/c1-3-4-12-29-21-25-19(23)18(22)20(26-21)28(24-2)15-17-9-7-8-16(13-17)14-27-10-5-6-11-27;3-2(4,5)1(6)7/h7-9,13,24H,3-6,10-12,14-15,22H2,1-2H3,(H2,23,25,26);(H,6,7). The Kier molecular flexibility index (Phi) is 11.0. The highest BCUT2D eigenvalue weighted by atomic mass is 19.4. The SMILES string of the molecule is CCCCOc1nc(N)c(N)c(N(Cc2cccc(CN3CCCC3)c2)NC)n1.O=C(O)C(F)(F)F. The Morgan fingerprint density at radius 1 is 1.22 bits per heavy atom. The molecule has 6 N–H and O–H groups in total. The first-order chi connectivity index (χ1) is 17.0. The number of anilines is 3. The van der Waals surface area contributed by atoms with Gasteiger partial charge < -0.3 is 21.3 Å². The number of aliphatic carboxylic acids is 1. The molecule has 36 heavy (non-hydrogen) atoms. The van der Waals surface area contributed by atoms with Crippen molar-refractivity contribution in [2.75, 3.05) is 43.2 Å². The molecular formula is C23H34F3N7O3. The maximum absolute atomic E-state index is 10.6. The highest BCUT2D eigenvalue weighted by molar-refractivity contribution is 5.74. The van der Waals surface area contributed by atoms with Crippen LogP contribution in [0.3, 0.4) is 0 Å². The van der Waals surface area contributed by atoms with Gasteiger partial charge in [-0.1, -0.05) is 37.6 Å². The molecule has 200 valence electrons. The molecular weight excluding hydrogens is 479 g/mol. The molecule has 2 aromatic rings. The molecule has 1 saturated heterocycles. The van der Waals surface area contributed by atoms with Crippen LogP contribution in [0.25, 0.3) is 0 Å². The summed E-state index contributed by atoms with van der Waals surface area (Å²) in [6.45, 7) is 6.62. The summed E-state index contributed by atoms with van der Waals surface area (Å²) in [6, 6.07) is 8.88. The minimum atomic E-state index is -5.08. The van der Waals surface area contributed by atoms with E-state index in [4.69, 9.17) is 26.1 Å². The van der Waals surface area contributed by atoms with E-state index in [0.717, 1.165) is 19.4 Å². The molecule has 0 spiro atoms. The van der Waals surface area contributed by atoms with Gasteiger partial charge in [0.25, 0.3) is 0 Å². The van der Waals surface area contributed by atoms with Gasteiger partial charge in [0.15, 0.2) is 11.6 Å². The van der Waals surface area contributed by atoms with E-state index in [1.54, 1.807) is 0 Å². The molecule has 0 unspecified atom stereocenters. The van der Waals surface area contributed by atoms with E-state index in [1.165, 1.54) is 37.1 Å². The van der Waals surface area contributed by atoms with Crippen LogP contribution in [0.4, 0.5) is 30.5 Å². The molecule has 2 heterocycles. The Morgan fingerprint density at radius 2 is 1.86 bits per heavy atom. The van der Waals surface area contributed by atoms with Crippen LogP contribution in [0.1, 0.15) is 43.7 Å². The zero-order valence-electron chi connectivity index (χ0n) is 20.5. The molecule has 1 aliphatic rings. The molecule has 3 rings (SSSR count). The highest BCUT2D eigenvalue weighted by Gasteiger charge is 2.38. The minimum Gasteiger partial charge on any atom is -0.475 e. The summed E-state index contributed by atoms with van der Waals surface area (Å²) in [5, 5.41) is 9.00. The summed E-state index contributed by atoms with van der Waals surface area (Å²) < 4.78 is 37.4. The average Bonchev–Trinajstić information content (AvgIpc) is 3.33. The van der Waals surface area contributed by atoms with Gasteiger partial charge in [-0.2, -0.15) is 23.1 Å². The van der Waals surface area contributed by atoms with Crippen LogP contribution in [0.15, 0.2) is 24.3 Å². The average molecular weight is 514 g/mol. The lowest BCUT2D eigenvalue weighted by atomic mass is 10.1. The topological polar surface area (TPSA) is 143 Å². The Morgan fingerprint density at radius 3 is 2.44 bits per heavy atom. The fourth-order valence-corrected chi connectivity index (χ4v) is 3.50. The van der Waals surface area contributed by atoms with Gasteiger partial charge in [-0.05, 0) is 43.5 Å². The number of likely N-dealkylation sites (tertiary alicyclic amines) is 1. The summed E-state index contributed by atoms with van der Waals surface area (Å²) in [5.41, 5.74) is 18.2. The number of benzene rings is 1. The largest absolute Gasteiger partial charge is 0.490 e. The lowest BCUT2D eigenvalue weighted by Crippen LogP contribution is -2.36. The molecule has 1 aromatic carbocycles. The Bertz CT molecular complexity index is 986. The van der Waals surface area contributed by atoms with Crippen LogP contribution < -0.4 is 26.6 Å². The van der Waals surface area contributed by atoms with Crippen molar-refractivity contribution in [3.63, 3.8) is 0 Å². The van der Waals surface area contributed by atoms with Gasteiger partial charge >= 0.3 is 18.2 Å². The fourth-order valence-electron chi connectivity index (χ4n) is 3.50. The molecule has 1 fully saturated rings. The molecule has 0 saturated carbocycles. The first kappa shape index (κ1) is 28.9. The number of carbonyl (C=O) groups is 1. The number of nitrogens with two attached hydrogens (primary N) is 2. The number of hydrogen-bond acceptors (Lipinski definition) is 9. The summed E-state index contributed by atoms with van der Waals surface area (Å²) in [6.07, 6.45) is -0.523. The molecule has 1 aromatic heterocycles. The monoisotopic (exact) mass is 513 g/mol. The first-order valence-electron chi connectivity index (χ1n) is 11.7. The molecule has 0 amide bonds. The number of unbranched alkanes of at least 4 members (excludes halogenated alkanes) is 1. The van der Waals surface area contributed by atoms with E-state index in [0.29, 0.717) is 24.7 Å². The summed E-state index contributed by atoms with van der Waals surface area (Å²) in [4.78, 5) is 20.0. The van der Waals surface area contributed by atoms with E-state index in [9.17, 15) is 13.2 Å². The number of nitrogen functional groups attached to an aromatic ring is 2. The van der Waals surface area contributed by atoms with E-state index >= 15 is 0 Å². The van der Waals surface area contributed by atoms with E-state index in [2.05, 4.69) is 51.5 Å². The third kappa shape index (κ3) is 9.04. The van der Waals surface area contributed by atoms with Crippen LogP contribution in [-0.4, -0.2) is 58.9 Å². The van der Waals surface area contributed by atoms with Gasteiger partial charge in [-0.25, -0.2) is 10.2 Å². The quantitative estimate of drug-likeness (QED) is 0.276. The second-order valence-electron chi connectivity index (χ2n) is 8.25. The number of carboxylic acid groups (broad SMARTS) is 1. The van der Waals surface area contributed by atoms with Crippen LogP contribution in [0, 0.1) is 0 Å². The van der Waals surface area contributed by atoms with E-state index < -0.39 is 12.1 Å². The Balaban J connectivity index is 0.000000572. The third-order valence-corrected chi connectivity index (χ3v) is 5.37. The molecule has 1 aliphatic heterocycles. The number of hydrogen-bond donors (Lipinski definition) is 4. The number of nitrogens with zero attached hydrogens (tertiary/aromatic N) is 4. The number of hydrazine groups is 1. The predicted molar refractivity (Wildman–Crippen MR) is 131 cm³/mol. The number of halogens is 3. The van der Waals surface area contributed by atoms with Crippen molar-refractivity contribution >= 4 is 23.3 Å². The third-order valence-electron chi connectivity index (χ3n) is 5.37. The van der Waals surface area contributed by atoms with Crippen molar-refractivity contribution in [1.82, 2.24) is 20.3 Å². The van der Waals surface area contributed by atoms with Gasteiger partial charge in [0.2, 0.25) is 0 Å². The van der Waals surface area contributed by atoms with E-state index in [1.807, 2.05) is 12.1 Å². The van der Waals surface area contributed by atoms with Crippen LogP contribution in [-0.2, 0) is 17.9 Å². The zero-order valence-corrected chi connectivity index (χ0v) is 20.5. The number of rotatable bonds is 10. The lowest BCUT2D eigenvalue weighted by Gasteiger charge is -2.25. The molecule has 0 bridgehead atoms. The summed E-state index contributed by atoms with van der Waals surface area (Å²) in [7, 11) is 1.84. The number of ether oxygens (including phenoxy) is 1. The number of alkyl halides is 3.